The topological polar surface area (TPSA) is 29.1 Å². The molecule has 0 aromatic heterocycles. The maximum atomic E-state index is 13.1. The lowest BCUT2D eigenvalue weighted by atomic mass is 9.90. The van der Waals surface area contributed by atoms with E-state index in [9.17, 15) is 18.0 Å². The Bertz CT molecular complexity index is 545. The van der Waals surface area contributed by atoms with Gasteiger partial charge in [0.05, 0.1) is 5.69 Å². The molecule has 0 unspecified atom stereocenters. The van der Waals surface area contributed by atoms with Crippen molar-refractivity contribution < 1.29 is 18.0 Å². The highest BCUT2D eigenvalue weighted by Crippen LogP contribution is 2.32. The van der Waals surface area contributed by atoms with Gasteiger partial charge in [-0.1, -0.05) is 32.9 Å². The predicted molar refractivity (Wildman–Crippen MR) is 80.4 cm³/mol. The van der Waals surface area contributed by atoms with E-state index in [1.54, 1.807) is 51.3 Å². The van der Waals surface area contributed by atoms with Crippen LogP contribution in [0, 0.1) is 5.41 Å². The Hall–Kier alpha value is -1.43. The minimum Gasteiger partial charge on any atom is -0.351 e. The summed E-state index contributed by atoms with van der Waals surface area (Å²) in [6.07, 6.45) is -2.21. The largest absolute Gasteiger partial charge is 0.431 e. The van der Waals surface area contributed by atoms with Crippen LogP contribution in [-0.2, 0) is 4.79 Å². The molecule has 0 amide bonds. The van der Waals surface area contributed by atoms with Gasteiger partial charge in [-0.3, -0.25) is 4.79 Å². The summed E-state index contributed by atoms with van der Waals surface area (Å²) in [6, 6.07) is 6.65. The molecule has 21 heavy (non-hydrogen) atoms. The number of benzene rings is 1. The van der Waals surface area contributed by atoms with Crippen molar-refractivity contribution in [3.05, 3.63) is 36.0 Å². The maximum Gasteiger partial charge on any atom is 0.431 e. The van der Waals surface area contributed by atoms with E-state index in [0.717, 1.165) is 0 Å². The fourth-order valence-corrected chi connectivity index (χ4v) is 1.98. The third kappa shape index (κ3) is 5.12. The zero-order valence-electron chi connectivity index (χ0n) is 12.3. The molecule has 0 heterocycles. The van der Waals surface area contributed by atoms with Crippen LogP contribution in [0.5, 0.6) is 0 Å². The second-order valence-electron chi connectivity index (χ2n) is 5.50. The van der Waals surface area contributed by atoms with Gasteiger partial charge in [-0.15, -0.1) is 11.8 Å². The number of carbonyl (C=O) groups excluding carboxylic acids is 1. The van der Waals surface area contributed by atoms with E-state index >= 15 is 0 Å². The number of anilines is 1. The van der Waals surface area contributed by atoms with Gasteiger partial charge in [0.1, 0.15) is 5.70 Å². The van der Waals surface area contributed by atoms with Gasteiger partial charge < -0.3 is 5.32 Å². The average molecular weight is 317 g/mol. The lowest BCUT2D eigenvalue weighted by Crippen LogP contribution is -2.25. The summed E-state index contributed by atoms with van der Waals surface area (Å²) in [4.78, 5) is 12.5. The molecule has 1 N–H and O–H groups in total. The van der Waals surface area contributed by atoms with Crippen molar-refractivity contribution in [2.75, 3.05) is 11.6 Å². The molecule has 0 spiro atoms. The van der Waals surface area contributed by atoms with Gasteiger partial charge in [-0.05, 0) is 18.4 Å². The number of rotatable bonds is 4. The second kappa shape index (κ2) is 6.56. The van der Waals surface area contributed by atoms with Crippen LogP contribution < -0.4 is 5.32 Å². The molecule has 1 aromatic rings. The summed E-state index contributed by atoms with van der Waals surface area (Å²) in [5.74, 6) is -0.580. The molecule has 0 aliphatic rings. The maximum absolute atomic E-state index is 13.1. The van der Waals surface area contributed by atoms with Crippen LogP contribution in [0.3, 0.4) is 0 Å². The van der Waals surface area contributed by atoms with Crippen molar-refractivity contribution in [1.82, 2.24) is 0 Å². The standard InChI is InChI=1S/C15H18F3NOS/c1-14(2,3)13(20)9-12(15(16,17)18)19-10-7-5-6-8-11(10)21-4/h5-9,19H,1-4H3/b12-9-. The summed E-state index contributed by atoms with van der Waals surface area (Å²) in [5.41, 5.74) is -1.59. The van der Waals surface area contributed by atoms with Crippen molar-refractivity contribution in [2.45, 2.75) is 31.8 Å². The predicted octanol–water partition coefficient (Wildman–Crippen LogP) is 4.88. The number of carbonyl (C=O) groups is 1. The van der Waals surface area contributed by atoms with E-state index in [2.05, 4.69) is 5.32 Å². The number of hydrogen-bond donors (Lipinski definition) is 1. The van der Waals surface area contributed by atoms with Gasteiger partial charge in [-0.25, -0.2) is 0 Å². The lowest BCUT2D eigenvalue weighted by Gasteiger charge is -2.19. The van der Waals surface area contributed by atoms with Crippen LogP contribution in [0.4, 0.5) is 18.9 Å². The van der Waals surface area contributed by atoms with Crippen LogP contribution in [0.1, 0.15) is 20.8 Å². The zero-order valence-corrected chi connectivity index (χ0v) is 13.2. The highest BCUT2D eigenvalue weighted by Gasteiger charge is 2.36. The Balaban J connectivity index is 3.17. The van der Waals surface area contributed by atoms with Crippen molar-refractivity contribution >= 4 is 23.2 Å². The Morgan fingerprint density at radius 3 is 2.24 bits per heavy atom. The second-order valence-corrected chi connectivity index (χ2v) is 6.34. The SMILES string of the molecule is CSc1ccccc1N/C(=C\C(=O)C(C)(C)C)C(F)(F)F. The Morgan fingerprint density at radius 2 is 1.76 bits per heavy atom. The molecule has 0 fully saturated rings. The normalized spacial score (nSPS) is 13.2. The van der Waals surface area contributed by atoms with E-state index in [1.807, 2.05) is 0 Å². The number of halogens is 3. The molecule has 6 heteroatoms. The van der Waals surface area contributed by atoms with Crippen LogP contribution in [0.25, 0.3) is 0 Å². The van der Waals surface area contributed by atoms with Crippen molar-refractivity contribution in [2.24, 2.45) is 5.41 Å². The summed E-state index contributed by atoms with van der Waals surface area (Å²) in [6.45, 7) is 4.74. The molecule has 0 radical (unpaired) electrons. The molecule has 2 nitrogen and oxygen atoms in total. The molecule has 0 aliphatic heterocycles. The third-order valence-corrected chi connectivity index (χ3v) is 3.49. The van der Waals surface area contributed by atoms with E-state index in [-0.39, 0.29) is 0 Å². The number of ketones is 1. The zero-order chi connectivity index (χ0) is 16.3. The van der Waals surface area contributed by atoms with Crippen LogP contribution in [0.15, 0.2) is 40.9 Å². The van der Waals surface area contributed by atoms with E-state index < -0.39 is 23.1 Å². The Morgan fingerprint density at radius 1 is 1.19 bits per heavy atom. The number of para-hydroxylation sites is 1. The summed E-state index contributed by atoms with van der Waals surface area (Å²) in [7, 11) is 0. The van der Waals surface area contributed by atoms with Crippen molar-refractivity contribution in [3.8, 4) is 0 Å². The molecule has 0 aliphatic carbocycles. The van der Waals surface area contributed by atoms with Gasteiger partial charge in [-0.2, -0.15) is 13.2 Å². The highest BCUT2D eigenvalue weighted by atomic mass is 32.2. The van der Waals surface area contributed by atoms with Crippen LogP contribution in [0.2, 0.25) is 0 Å². The van der Waals surface area contributed by atoms with E-state index in [0.29, 0.717) is 16.7 Å². The summed E-state index contributed by atoms with van der Waals surface area (Å²) in [5, 5.41) is 2.34. The molecule has 0 saturated carbocycles. The lowest BCUT2D eigenvalue weighted by molar-refractivity contribution is -0.122. The van der Waals surface area contributed by atoms with E-state index in [1.165, 1.54) is 11.8 Å². The monoisotopic (exact) mass is 317 g/mol. The Kier molecular flexibility index (Phi) is 5.50. The van der Waals surface area contributed by atoms with Gasteiger partial charge >= 0.3 is 6.18 Å². The number of hydrogen-bond acceptors (Lipinski definition) is 3. The first kappa shape index (κ1) is 17.6. The Labute approximate surface area is 126 Å². The minimum absolute atomic E-state index is 0.329. The van der Waals surface area contributed by atoms with Crippen molar-refractivity contribution in [3.63, 3.8) is 0 Å². The molecule has 1 aromatic carbocycles. The molecule has 0 atom stereocenters. The average Bonchev–Trinajstić information content (AvgIpc) is 2.36. The number of alkyl halides is 3. The first-order valence-electron chi connectivity index (χ1n) is 6.29. The molecule has 0 bridgehead atoms. The molecule has 1 rings (SSSR count). The molecule has 0 saturated heterocycles. The molecular weight excluding hydrogens is 299 g/mol. The van der Waals surface area contributed by atoms with E-state index in [4.69, 9.17) is 0 Å². The quantitative estimate of drug-likeness (QED) is 0.634. The van der Waals surface area contributed by atoms with Gasteiger partial charge in [0, 0.05) is 16.4 Å². The highest BCUT2D eigenvalue weighted by molar-refractivity contribution is 7.98. The third-order valence-electron chi connectivity index (χ3n) is 2.70. The fraction of sp³-hybridized carbons (Fsp3) is 0.400. The van der Waals surface area contributed by atoms with Crippen LogP contribution in [-0.4, -0.2) is 18.2 Å². The number of allylic oxidation sites excluding steroid dienone is 2. The van der Waals surface area contributed by atoms with Crippen LogP contribution >= 0.6 is 11.8 Å². The summed E-state index contributed by atoms with van der Waals surface area (Å²) >= 11 is 1.33. The minimum atomic E-state index is -4.62. The molecule has 116 valence electrons. The smallest absolute Gasteiger partial charge is 0.351 e. The first-order chi connectivity index (χ1) is 9.55. The van der Waals surface area contributed by atoms with Gasteiger partial charge in [0.15, 0.2) is 5.78 Å². The number of thioether (sulfide) groups is 1. The summed E-state index contributed by atoms with van der Waals surface area (Å²) < 4.78 is 39.3. The first-order valence-corrected chi connectivity index (χ1v) is 7.51. The fourth-order valence-electron chi connectivity index (χ4n) is 1.43. The van der Waals surface area contributed by atoms with Gasteiger partial charge in [0.25, 0.3) is 0 Å². The molecular formula is C15H18F3NOS. The van der Waals surface area contributed by atoms with Crippen molar-refractivity contribution in [1.29, 1.82) is 0 Å². The number of nitrogens with one attached hydrogen (secondary N) is 1. The van der Waals surface area contributed by atoms with Gasteiger partial charge in [0.2, 0.25) is 0 Å².